The number of rotatable bonds is 4. The SMILES string of the molecule is CCc1ccccc1NC(=O)C1CC1C(=O)N1CCC(C)CC1. The molecule has 124 valence electrons. The van der Waals surface area contributed by atoms with E-state index in [9.17, 15) is 9.59 Å². The van der Waals surface area contributed by atoms with E-state index in [1.807, 2.05) is 29.2 Å². The molecule has 1 aliphatic heterocycles. The van der Waals surface area contributed by atoms with Gasteiger partial charge in [0.05, 0.1) is 11.8 Å². The van der Waals surface area contributed by atoms with Crippen LogP contribution in [0.4, 0.5) is 5.69 Å². The van der Waals surface area contributed by atoms with Crippen LogP contribution in [0.25, 0.3) is 0 Å². The molecule has 23 heavy (non-hydrogen) atoms. The lowest BCUT2D eigenvalue weighted by molar-refractivity contribution is -0.135. The molecule has 4 nitrogen and oxygen atoms in total. The van der Waals surface area contributed by atoms with Crippen molar-refractivity contribution in [1.82, 2.24) is 4.90 Å². The number of anilines is 1. The highest BCUT2D eigenvalue weighted by atomic mass is 16.2. The van der Waals surface area contributed by atoms with Gasteiger partial charge in [-0.2, -0.15) is 0 Å². The van der Waals surface area contributed by atoms with E-state index in [2.05, 4.69) is 19.2 Å². The van der Waals surface area contributed by atoms with Crippen molar-refractivity contribution >= 4 is 17.5 Å². The fourth-order valence-corrected chi connectivity index (χ4v) is 3.40. The summed E-state index contributed by atoms with van der Waals surface area (Å²) in [7, 11) is 0. The molecule has 1 aliphatic carbocycles. The molecule has 1 saturated carbocycles. The number of aryl methyl sites for hydroxylation is 1. The number of carbonyl (C=O) groups excluding carboxylic acids is 2. The van der Waals surface area contributed by atoms with Gasteiger partial charge in [0.2, 0.25) is 11.8 Å². The van der Waals surface area contributed by atoms with Crippen molar-refractivity contribution in [2.24, 2.45) is 17.8 Å². The summed E-state index contributed by atoms with van der Waals surface area (Å²) in [6.07, 6.45) is 3.75. The van der Waals surface area contributed by atoms with Crippen molar-refractivity contribution in [3.8, 4) is 0 Å². The molecule has 1 N–H and O–H groups in total. The highest BCUT2D eigenvalue weighted by Crippen LogP contribution is 2.41. The first-order chi connectivity index (χ1) is 11.1. The highest BCUT2D eigenvalue weighted by molar-refractivity contribution is 5.99. The molecule has 0 radical (unpaired) electrons. The lowest BCUT2D eigenvalue weighted by atomic mass is 9.99. The second-order valence-corrected chi connectivity index (χ2v) is 6.96. The smallest absolute Gasteiger partial charge is 0.228 e. The van der Waals surface area contributed by atoms with Gasteiger partial charge in [0.15, 0.2) is 0 Å². The summed E-state index contributed by atoms with van der Waals surface area (Å²) in [5.41, 5.74) is 2.01. The lowest BCUT2D eigenvalue weighted by Gasteiger charge is -2.30. The summed E-state index contributed by atoms with van der Waals surface area (Å²) >= 11 is 0. The molecule has 2 aliphatic rings. The zero-order chi connectivity index (χ0) is 16.4. The van der Waals surface area contributed by atoms with E-state index < -0.39 is 0 Å². The Balaban J connectivity index is 1.55. The molecular formula is C19H26N2O2. The van der Waals surface area contributed by atoms with E-state index in [1.54, 1.807) is 0 Å². The number of nitrogens with zero attached hydrogens (tertiary/aromatic N) is 1. The molecule has 4 heteroatoms. The van der Waals surface area contributed by atoms with E-state index in [0.717, 1.165) is 43.6 Å². The van der Waals surface area contributed by atoms with Crippen LogP contribution in [0.15, 0.2) is 24.3 Å². The fourth-order valence-electron chi connectivity index (χ4n) is 3.40. The Kier molecular flexibility index (Phi) is 4.69. The van der Waals surface area contributed by atoms with Crippen LogP contribution in [0, 0.1) is 17.8 Å². The van der Waals surface area contributed by atoms with Gasteiger partial charge in [-0.3, -0.25) is 9.59 Å². The monoisotopic (exact) mass is 314 g/mol. The average molecular weight is 314 g/mol. The number of hydrogen-bond acceptors (Lipinski definition) is 2. The summed E-state index contributed by atoms with van der Waals surface area (Å²) in [6.45, 7) is 6.01. The summed E-state index contributed by atoms with van der Waals surface area (Å²) in [4.78, 5) is 26.9. The molecule has 0 bridgehead atoms. The van der Waals surface area contributed by atoms with E-state index in [0.29, 0.717) is 12.3 Å². The predicted molar refractivity (Wildman–Crippen MR) is 91.0 cm³/mol. The molecule has 1 saturated heterocycles. The number of piperidine rings is 1. The van der Waals surface area contributed by atoms with Crippen molar-refractivity contribution < 1.29 is 9.59 Å². The number of likely N-dealkylation sites (tertiary alicyclic amines) is 1. The molecule has 1 aromatic carbocycles. The van der Waals surface area contributed by atoms with Gasteiger partial charge in [-0.15, -0.1) is 0 Å². The van der Waals surface area contributed by atoms with Crippen LogP contribution >= 0.6 is 0 Å². The molecule has 1 aromatic rings. The lowest BCUT2D eigenvalue weighted by Crippen LogP contribution is -2.39. The molecule has 1 heterocycles. The first-order valence-electron chi connectivity index (χ1n) is 8.77. The first-order valence-corrected chi connectivity index (χ1v) is 8.77. The van der Waals surface area contributed by atoms with Crippen LogP contribution in [0.5, 0.6) is 0 Å². The minimum atomic E-state index is -0.147. The molecule has 2 fully saturated rings. The molecule has 0 aromatic heterocycles. The van der Waals surface area contributed by atoms with E-state index in [1.165, 1.54) is 0 Å². The van der Waals surface area contributed by atoms with Gasteiger partial charge in [0.1, 0.15) is 0 Å². The Labute approximate surface area is 138 Å². The minimum Gasteiger partial charge on any atom is -0.342 e. The zero-order valence-corrected chi connectivity index (χ0v) is 14.0. The largest absolute Gasteiger partial charge is 0.342 e. The van der Waals surface area contributed by atoms with Gasteiger partial charge in [-0.25, -0.2) is 0 Å². The molecule has 2 amide bonds. The maximum atomic E-state index is 12.5. The van der Waals surface area contributed by atoms with Crippen LogP contribution < -0.4 is 5.32 Å². The third-order valence-electron chi connectivity index (χ3n) is 5.20. The maximum Gasteiger partial charge on any atom is 0.228 e. The first kappa shape index (κ1) is 16.0. The van der Waals surface area contributed by atoms with E-state index in [4.69, 9.17) is 0 Å². The second-order valence-electron chi connectivity index (χ2n) is 6.96. The third-order valence-corrected chi connectivity index (χ3v) is 5.20. The van der Waals surface area contributed by atoms with Crippen molar-refractivity contribution in [3.63, 3.8) is 0 Å². The Bertz CT molecular complexity index is 591. The average Bonchev–Trinajstić information content (AvgIpc) is 3.36. The normalized spacial score (nSPS) is 24.3. The quantitative estimate of drug-likeness (QED) is 0.928. The van der Waals surface area contributed by atoms with Crippen molar-refractivity contribution in [1.29, 1.82) is 0 Å². The van der Waals surface area contributed by atoms with Crippen LogP contribution in [0.1, 0.15) is 38.7 Å². The number of hydrogen-bond donors (Lipinski definition) is 1. The Morgan fingerprint density at radius 2 is 1.87 bits per heavy atom. The van der Waals surface area contributed by atoms with Crippen molar-refractivity contribution in [3.05, 3.63) is 29.8 Å². The number of amides is 2. The summed E-state index contributed by atoms with van der Waals surface area (Å²) in [5.74, 6) is 0.641. The number of para-hydroxylation sites is 1. The second kappa shape index (κ2) is 6.73. The van der Waals surface area contributed by atoms with Crippen molar-refractivity contribution in [2.75, 3.05) is 18.4 Å². The Morgan fingerprint density at radius 1 is 1.17 bits per heavy atom. The van der Waals surface area contributed by atoms with Gasteiger partial charge in [0, 0.05) is 18.8 Å². The van der Waals surface area contributed by atoms with E-state index in [-0.39, 0.29) is 23.7 Å². The molecule has 2 atom stereocenters. The van der Waals surface area contributed by atoms with Gasteiger partial charge in [0.25, 0.3) is 0 Å². The van der Waals surface area contributed by atoms with Crippen LogP contribution in [-0.4, -0.2) is 29.8 Å². The molecular weight excluding hydrogens is 288 g/mol. The molecule has 0 spiro atoms. The molecule has 2 unspecified atom stereocenters. The van der Waals surface area contributed by atoms with Gasteiger partial charge < -0.3 is 10.2 Å². The van der Waals surface area contributed by atoms with Gasteiger partial charge >= 0.3 is 0 Å². The predicted octanol–water partition coefficient (Wildman–Crippen LogP) is 3.08. The Hall–Kier alpha value is -1.84. The van der Waals surface area contributed by atoms with Gasteiger partial charge in [-0.1, -0.05) is 32.0 Å². The van der Waals surface area contributed by atoms with Crippen molar-refractivity contribution in [2.45, 2.75) is 39.5 Å². The topological polar surface area (TPSA) is 49.4 Å². The maximum absolute atomic E-state index is 12.5. The van der Waals surface area contributed by atoms with Crippen LogP contribution in [0.3, 0.4) is 0 Å². The van der Waals surface area contributed by atoms with Gasteiger partial charge in [-0.05, 0) is 43.2 Å². The number of nitrogens with one attached hydrogen (secondary N) is 1. The van der Waals surface area contributed by atoms with Crippen LogP contribution in [-0.2, 0) is 16.0 Å². The standard InChI is InChI=1S/C19H26N2O2/c1-3-14-6-4-5-7-17(14)20-18(22)15-12-16(15)19(23)21-10-8-13(2)9-11-21/h4-7,13,15-16H,3,8-12H2,1-2H3,(H,20,22). The number of benzene rings is 1. The third kappa shape index (κ3) is 3.57. The van der Waals surface area contributed by atoms with E-state index >= 15 is 0 Å². The summed E-state index contributed by atoms with van der Waals surface area (Å²) in [5, 5.41) is 3.01. The zero-order valence-electron chi connectivity index (χ0n) is 14.0. The summed E-state index contributed by atoms with van der Waals surface area (Å²) < 4.78 is 0. The minimum absolute atomic E-state index is 0.00497. The summed E-state index contributed by atoms with van der Waals surface area (Å²) in [6, 6.07) is 7.87. The molecule has 3 rings (SSSR count). The van der Waals surface area contributed by atoms with Crippen LogP contribution in [0.2, 0.25) is 0 Å². The fraction of sp³-hybridized carbons (Fsp3) is 0.579. The highest BCUT2D eigenvalue weighted by Gasteiger charge is 2.49. The number of carbonyl (C=O) groups is 2. The Morgan fingerprint density at radius 3 is 2.57 bits per heavy atom.